The summed E-state index contributed by atoms with van der Waals surface area (Å²) in [4.78, 5) is 31.0. The first kappa shape index (κ1) is 17.2. The molecule has 1 unspecified atom stereocenters. The lowest BCUT2D eigenvalue weighted by molar-refractivity contribution is -0.122. The van der Waals surface area contributed by atoms with Gasteiger partial charge in [-0.3, -0.25) is 9.59 Å². The van der Waals surface area contributed by atoms with Gasteiger partial charge in [0.25, 0.3) is 0 Å². The number of amides is 2. The largest absolute Gasteiger partial charge is 0.326 e. The maximum absolute atomic E-state index is 12.6. The number of nitrogens with one attached hydrogen (secondary N) is 1. The van der Waals surface area contributed by atoms with Crippen LogP contribution in [0.25, 0.3) is 10.2 Å². The quantitative estimate of drug-likeness (QED) is 0.672. The Kier molecular flexibility index (Phi) is 4.50. The highest BCUT2D eigenvalue weighted by atomic mass is 79.9. The first-order valence-electron chi connectivity index (χ1n) is 8.23. The van der Waals surface area contributed by atoms with Crippen LogP contribution in [0, 0.1) is 12.8 Å². The van der Waals surface area contributed by atoms with Crippen molar-refractivity contribution >= 4 is 60.7 Å². The van der Waals surface area contributed by atoms with Crippen LogP contribution < -0.4 is 10.2 Å². The lowest BCUT2D eigenvalue weighted by Crippen LogP contribution is -2.28. The molecule has 26 heavy (non-hydrogen) atoms. The average Bonchev–Trinajstić information content (AvgIpc) is 3.17. The molecule has 0 saturated carbocycles. The van der Waals surface area contributed by atoms with E-state index in [2.05, 4.69) is 26.2 Å². The molecule has 1 atom stereocenters. The summed E-state index contributed by atoms with van der Waals surface area (Å²) in [5.74, 6) is -0.510. The molecule has 1 aliphatic rings. The van der Waals surface area contributed by atoms with Crippen molar-refractivity contribution < 1.29 is 9.59 Å². The van der Waals surface area contributed by atoms with E-state index in [0.717, 1.165) is 31.1 Å². The summed E-state index contributed by atoms with van der Waals surface area (Å²) >= 11 is 4.98. The number of anilines is 2. The van der Waals surface area contributed by atoms with Gasteiger partial charge >= 0.3 is 0 Å². The minimum atomic E-state index is -0.356. The zero-order valence-electron chi connectivity index (χ0n) is 14.0. The molecule has 2 amide bonds. The molecule has 2 heterocycles. The van der Waals surface area contributed by atoms with Gasteiger partial charge in [-0.05, 0) is 49.4 Å². The Hall–Kier alpha value is -2.25. The lowest BCUT2D eigenvalue weighted by Gasteiger charge is -2.16. The van der Waals surface area contributed by atoms with Crippen molar-refractivity contribution in [2.24, 2.45) is 5.92 Å². The van der Waals surface area contributed by atoms with Crippen LogP contribution in [0.2, 0.25) is 0 Å². The number of carbonyl (C=O) groups is 2. The fourth-order valence-corrected chi connectivity index (χ4v) is 4.25. The molecule has 1 saturated heterocycles. The fourth-order valence-electron chi connectivity index (χ4n) is 3.12. The van der Waals surface area contributed by atoms with Crippen LogP contribution in [0.3, 0.4) is 0 Å². The van der Waals surface area contributed by atoms with Gasteiger partial charge in [0.05, 0.1) is 21.1 Å². The fraction of sp³-hybridized carbons (Fsp3) is 0.211. The zero-order chi connectivity index (χ0) is 18.3. The summed E-state index contributed by atoms with van der Waals surface area (Å²) in [7, 11) is 0. The summed E-state index contributed by atoms with van der Waals surface area (Å²) in [5.41, 5.74) is 2.48. The number of rotatable bonds is 3. The Balaban J connectivity index is 1.47. The standard InChI is InChI=1S/C19H16BrN3O2S/c1-11-21-16-7-4-14(9-17(16)26-11)22-19(25)12-8-18(24)23(10-12)15-5-2-13(20)3-6-15/h2-7,9,12H,8,10H2,1H3,(H,22,25). The minimum absolute atomic E-state index is 0.0268. The highest BCUT2D eigenvalue weighted by Gasteiger charge is 2.35. The Labute approximate surface area is 163 Å². The number of thiazole rings is 1. The van der Waals surface area contributed by atoms with E-state index in [-0.39, 0.29) is 24.2 Å². The molecule has 2 aromatic carbocycles. The third-order valence-corrected chi connectivity index (χ3v) is 5.86. The van der Waals surface area contributed by atoms with E-state index in [9.17, 15) is 9.59 Å². The molecule has 0 aliphatic carbocycles. The minimum Gasteiger partial charge on any atom is -0.326 e. The molecule has 1 aliphatic heterocycles. The number of halogens is 1. The number of fused-ring (bicyclic) bond motifs is 1. The monoisotopic (exact) mass is 429 g/mol. The Morgan fingerprint density at radius 3 is 2.81 bits per heavy atom. The van der Waals surface area contributed by atoms with Crippen LogP contribution in [0.1, 0.15) is 11.4 Å². The number of aromatic nitrogens is 1. The van der Waals surface area contributed by atoms with Gasteiger partial charge in [-0.25, -0.2) is 4.98 Å². The van der Waals surface area contributed by atoms with Gasteiger partial charge in [0.2, 0.25) is 11.8 Å². The summed E-state index contributed by atoms with van der Waals surface area (Å²) in [6.07, 6.45) is 0.226. The smallest absolute Gasteiger partial charge is 0.229 e. The van der Waals surface area contributed by atoms with Crippen LogP contribution in [0.5, 0.6) is 0 Å². The zero-order valence-corrected chi connectivity index (χ0v) is 16.4. The van der Waals surface area contributed by atoms with Crippen LogP contribution in [0.4, 0.5) is 11.4 Å². The van der Waals surface area contributed by atoms with Gasteiger partial charge in [0.1, 0.15) is 0 Å². The van der Waals surface area contributed by atoms with Crippen molar-refractivity contribution in [2.75, 3.05) is 16.8 Å². The number of hydrogen-bond acceptors (Lipinski definition) is 4. The Bertz CT molecular complexity index is 1000. The predicted octanol–water partition coefficient (Wildman–Crippen LogP) is 4.36. The van der Waals surface area contributed by atoms with Gasteiger partial charge in [-0.2, -0.15) is 0 Å². The summed E-state index contributed by atoms with van der Waals surface area (Å²) in [6.45, 7) is 2.36. The number of hydrogen-bond donors (Lipinski definition) is 1. The van der Waals surface area contributed by atoms with Crippen molar-refractivity contribution in [1.29, 1.82) is 0 Å². The van der Waals surface area contributed by atoms with Gasteiger partial charge in [0, 0.05) is 28.8 Å². The summed E-state index contributed by atoms with van der Waals surface area (Å²) < 4.78 is 2.00. The van der Waals surface area contributed by atoms with E-state index in [1.807, 2.05) is 49.4 Å². The molecule has 3 aromatic rings. The van der Waals surface area contributed by atoms with Gasteiger partial charge in [-0.1, -0.05) is 15.9 Å². The van der Waals surface area contributed by atoms with Gasteiger partial charge in [0.15, 0.2) is 0 Å². The molecule has 0 radical (unpaired) electrons. The number of carbonyl (C=O) groups excluding carboxylic acids is 2. The normalized spacial score (nSPS) is 17.1. The summed E-state index contributed by atoms with van der Waals surface area (Å²) in [6, 6.07) is 13.2. The topological polar surface area (TPSA) is 62.3 Å². The molecule has 7 heteroatoms. The molecular formula is C19H16BrN3O2S. The molecule has 1 fully saturated rings. The van der Waals surface area contributed by atoms with Gasteiger partial charge in [-0.15, -0.1) is 11.3 Å². The molecule has 1 N–H and O–H groups in total. The van der Waals surface area contributed by atoms with Crippen molar-refractivity contribution in [2.45, 2.75) is 13.3 Å². The van der Waals surface area contributed by atoms with E-state index in [4.69, 9.17) is 0 Å². The van der Waals surface area contributed by atoms with E-state index < -0.39 is 0 Å². The lowest BCUT2D eigenvalue weighted by atomic mass is 10.1. The van der Waals surface area contributed by atoms with Crippen molar-refractivity contribution in [1.82, 2.24) is 4.98 Å². The number of aryl methyl sites for hydroxylation is 1. The highest BCUT2D eigenvalue weighted by molar-refractivity contribution is 9.10. The third-order valence-electron chi connectivity index (χ3n) is 4.40. The maximum atomic E-state index is 12.6. The van der Waals surface area contributed by atoms with Crippen LogP contribution in [-0.2, 0) is 9.59 Å². The van der Waals surface area contributed by atoms with E-state index in [1.54, 1.807) is 16.2 Å². The Morgan fingerprint density at radius 2 is 2.04 bits per heavy atom. The van der Waals surface area contributed by atoms with Gasteiger partial charge < -0.3 is 10.2 Å². The van der Waals surface area contributed by atoms with Crippen LogP contribution >= 0.6 is 27.3 Å². The molecule has 0 bridgehead atoms. The first-order valence-corrected chi connectivity index (χ1v) is 9.84. The van der Waals surface area contributed by atoms with Crippen molar-refractivity contribution in [3.05, 3.63) is 51.9 Å². The average molecular weight is 430 g/mol. The maximum Gasteiger partial charge on any atom is 0.229 e. The second-order valence-corrected chi connectivity index (χ2v) is 8.44. The number of nitrogens with zero attached hydrogens (tertiary/aromatic N) is 2. The summed E-state index contributed by atoms with van der Waals surface area (Å²) in [5, 5.41) is 3.94. The van der Waals surface area contributed by atoms with Crippen molar-refractivity contribution in [3.63, 3.8) is 0 Å². The van der Waals surface area contributed by atoms with E-state index >= 15 is 0 Å². The first-order chi connectivity index (χ1) is 12.5. The molecule has 4 rings (SSSR count). The SMILES string of the molecule is Cc1nc2ccc(NC(=O)C3CC(=O)N(c4ccc(Br)cc4)C3)cc2s1. The van der Waals surface area contributed by atoms with Crippen LogP contribution in [-0.4, -0.2) is 23.3 Å². The molecular weight excluding hydrogens is 414 g/mol. The molecule has 5 nitrogen and oxygen atoms in total. The molecule has 132 valence electrons. The molecule has 1 aromatic heterocycles. The van der Waals surface area contributed by atoms with E-state index in [1.165, 1.54) is 0 Å². The highest BCUT2D eigenvalue weighted by Crippen LogP contribution is 2.28. The van der Waals surface area contributed by atoms with Crippen LogP contribution in [0.15, 0.2) is 46.9 Å². The number of benzene rings is 2. The second kappa shape index (κ2) is 6.81. The second-order valence-electron chi connectivity index (χ2n) is 6.29. The van der Waals surface area contributed by atoms with Crippen molar-refractivity contribution in [3.8, 4) is 0 Å². The third kappa shape index (κ3) is 3.37. The molecule has 0 spiro atoms. The van der Waals surface area contributed by atoms with E-state index in [0.29, 0.717) is 6.54 Å². The Morgan fingerprint density at radius 1 is 1.27 bits per heavy atom. The predicted molar refractivity (Wildman–Crippen MR) is 108 cm³/mol.